The highest BCUT2D eigenvalue weighted by molar-refractivity contribution is 9.10. The van der Waals surface area contributed by atoms with Crippen molar-refractivity contribution in [2.45, 2.75) is 0 Å². The number of rotatable bonds is 1. The van der Waals surface area contributed by atoms with Gasteiger partial charge in [0.15, 0.2) is 0 Å². The van der Waals surface area contributed by atoms with Crippen LogP contribution in [-0.2, 0) is 0 Å². The minimum Gasteiger partial charge on any atom is -0.384 e. The van der Waals surface area contributed by atoms with Crippen LogP contribution in [-0.4, -0.2) is 4.98 Å². The highest BCUT2D eigenvalue weighted by Gasteiger charge is 2.07. The van der Waals surface area contributed by atoms with Gasteiger partial charge in [-0.05, 0) is 34.1 Å². The summed E-state index contributed by atoms with van der Waals surface area (Å²) in [7, 11) is 0. The molecule has 0 radical (unpaired) electrons. The number of nitrogen functional groups attached to an aromatic ring is 1. The van der Waals surface area contributed by atoms with Gasteiger partial charge in [0.05, 0.1) is 4.47 Å². The predicted molar refractivity (Wildman–Crippen MR) is 61.7 cm³/mol. The maximum atomic E-state index is 13.7. The topological polar surface area (TPSA) is 38.9 Å². The fourth-order valence-electron chi connectivity index (χ4n) is 1.29. The Morgan fingerprint density at radius 1 is 1.20 bits per heavy atom. The molecule has 0 saturated heterocycles. The fraction of sp³-hybridized carbons (Fsp3) is 0. The van der Waals surface area contributed by atoms with E-state index in [0.717, 1.165) is 0 Å². The summed E-state index contributed by atoms with van der Waals surface area (Å²) in [5, 5.41) is 0. The zero-order chi connectivity index (χ0) is 10.8. The second kappa shape index (κ2) is 3.98. The van der Waals surface area contributed by atoms with Crippen molar-refractivity contribution in [3.05, 3.63) is 46.8 Å². The van der Waals surface area contributed by atoms with E-state index >= 15 is 0 Å². The van der Waals surface area contributed by atoms with Gasteiger partial charge in [-0.1, -0.05) is 12.1 Å². The largest absolute Gasteiger partial charge is 0.384 e. The lowest BCUT2D eigenvalue weighted by molar-refractivity contribution is 0.624. The molecule has 0 aliphatic rings. The van der Waals surface area contributed by atoms with E-state index in [1.54, 1.807) is 36.5 Å². The molecule has 0 atom stereocenters. The van der Waals surface area contributed by atoms with Crippen LogP contribution in [0.25, 0.3) is 11.1 Å². The average Bonchev–Trinajstić information content (AvgIpc) is 2.24. The summed E-state index contributed by atoms with van der Waals surface area (Å²) in [4.78, 5) is 3.92. The standard InChI is InChI=1S/C11H8BrFN2/c12-9-3-1-2-8(11(9)13)7-4-5-10(14)15-6-7/h1-6H,(H2,14,15). The van der Waals surface area contributed by atoms with E-state index in [2.05, 4.69) is 20.9 Å². The van der Waals surface area contributed by atoms with Crippen molar-refractivity contribution in [2.24, 2.45) is 0 Å². The number of hydrogen-bond acceptors (Lipinski definition) is 2. The Morgan fingerprint density at radius 2 is 2.00 bits per heavy atom. The van der Waals surface area contributed by atoms with Gasteiger partial charge < -0.3 is 5.73 Å². The van der Waals surface area contributed by atoms with Gasteiger partial charge in [-0.3, -0.25) is 0 Å². The van der Waals surface area contributed by atoms with Gasteiger partial charge in [-0.2, -0.15) is 0 Å². The third-order valence-electron chi connectivity index (χ3n) is 2.05. The Balaban J connectivity index is 2.54. The molecule has 76 valence electrons. The minimum atomic E-state index is -0.288. The smallest absolute Gasteiger partial charge is 0.145 e. The quantitative estimate of drug-likeness (QED) is 0.861. The summed E-state index contributed by atoms with van der Waals surface area (Å²) >= 11 is 3.14. The summed E-state index contributed by atoms with van der Waals surface area (Å²) in [6.45, 7) is 0. The molecule has 1 aromatic carbocycles. The number of anilines is 1. The number of benzene rings is 1. The zero-order valence-corrected chi connectivity index (χ0v) is 9.33. The monoisotopic (exact) mass is 266 g/mol. The molecule has 2 nitrogen and oxygen atoms in total. The Bertz CT molecular complexity index is 482. The van der Waals surface area contributed by atoms with E-state index in [9.17, 15) is 4.39 Å². The Hall–Kier alpha value is -1.42. The molecule has 15 heavy (non-hydrogen) atoms. The maximum Gasteiger partial charge on any atom is 0.145 e. The number of halogens is 2. The summed E-state index contributed by atoms with van der Waals surface area (Å²) < 4.78 is 14.1. The SMILES string of the molecule is Nc1ccc(-c2cccc(Br)c2F)cn1. The van der Waals surface area contributed by atoms with Gasteiger partial charge in [0, 0.05) is 17.3 Å². The van der Waals surface area contributed by atoms with Crippen LogP contribution in [0.2, 0.25) is 0 Å². The molecule has 0 spiro atoms. The van der Waals surface area contributed by atoms with Crippen molar-refractivity contribution in [3.63, 3.8) is 0 Å². The van der Waals surface area contributed by atoms with Crippen LogP contribution in [0.3, 0.4) is 0 Å². The molecule has 0 amide bonds. The lowest BCUT2D eigenvalue weighted by atomic mass is 10.1. The third kappa shape index (κ3) is 1.99. The second-order valence-electron chi connectivity index (χ2n) is 3.07. The molecule has 0 saturated carbocycles. The summed E-state index contributed by atoms with van der Waals surface area (Å²) in [6.07, 6.45) is 1.56. The molecule has 0 aliphatic carbocycles. The van der Waals surface area contributed by atoms with Gasteiger partial charge in [0.2, 0.25) is 0 Å². The lowest BCUT2D eigenvalue weighted by Crippen LogP contribution is -1.90. The first-order chi connectivity index (χ1) is 7.18. The molecule has 0 aliphatic heterocycles. The normalized spacial score (nSPS) is 10.3. The lowest BCUT2D eigenvalue weighted by Gasteiger charge is -2.04. The molecule has 0 fully saturated rings. The maximum absolute atomic E-state index is 13.7. The molecule has 1 aromatic heterocycles. The first-order valence-electron chi connectivity index (χ1n) is 4.34. The molecule has 2 aromatic rings. The molecule has 0 unspecified atom stereocenters. The molecule has 1 heterocycles. The van der Waals surface area contributed by atoms with Crippen molar-refractivity contribution in [1.82, 2.24) is 4.98 Å². The fourth-order valence-corrected chi connectivity index (χ4v) is 1.66. The van der Waals surface area contributed by atoms with Crippen molar-refractivity contribution < 1.29 is 4.39 Å². The molecule has 0 bridgehead atoms. The van der Waals surface area contributed by atoms with Gasteiger partial charge >= 0.3 is 0 Å². The van der Waals surface area contributed by atoms with Crippen LogP contribution in [0, 0.1) is 5.82 Å². The first kappa shape index (κ1) is 10.1. The van der Waals surface area contributed by atoms with Gasteiger partial charge in [0.25, 0.3) is 0 Å². The van der Waals surface area contributed by atoms with E-state index < -0.39 is 0 Å². The summed E-state index contributed by atoms with van der Waals surface area (Å²) in [6, 6.07) is 8.53. The van der Waals surface area contributed by atoms with Crippen molar-refractivity contribution in [3.8, 4) is 11.1 Å². The molecular weight excluding hydrogens is 259 g/mol. The summed E-state index contributed by atoms with van der Waals surface area (Å²) in [5.74, 6) is 0.137. The van der Waals surface area contributed by atoms with E-state index in [1.807, 2.05) is 0 Å². The van der Waals surface area contributed by atoms with E-state index in [-0.39, 0.29) is 5.82 Å². The van der Waals surface area contributed by atoms with E-state index in [4.69, 9.17) is 5.73 Å². The molecule has 2 rings (SSSR count). The third-order valence-corrected chi connectivity index (χ3v) is 2.66. The van der Waals surface area contributed by atoms with Crippen LogP contribution >= 0.6 is 15.9 Å². The number of hydrogen-bond donors (Lipinski definition) is 1. The van der Waals surface area contributed by atoms with Crippen molar-refractivity contribution in [2.75, 3.05) is 5.73 Å². The Labute approximate surface area is 95.1 Å². The Morgan fingerprint density at radius 3 is 2.67 bits per heavy atom. The molecule has 4 heteroatoms. The predicted octanol–water partition coefficient (Wildman–Crippen LogP) is 3.23. The van der Waals surface area contributed by atoms with E-state index in [0.29, 0.717) is 21.4 Å². The summed E-state index contributed by atoms with van der Waals surface area (Å²) in [5.41, 5.74) is 6.68. The van der Waals surface area contributed by atoms with Crippen molar-refractivity contribution >= 4 is 21.7 Å². The van der Waals surface area contributed by atoms with Crippen LogP contribution < -0.4 is 5.73 Å². The highest BCUT2D eigenvalue weighted by Crippen LogP contribution is 2.27. The van der Waals surface area contributed by atoms with E-state index in [1.165, 1.54) is 0 Å². The number of pyridine rings is 1. The van der Waals surface area contributed by atoms with Crippen LogP contribution in [0.5, 0.6) is 0 Å². The molecule has 2 N–H and O–H groups in total. The average molecular weight is 267 g/mol. The Kier molecular flexibility index (Phi) is 2.68. The van der Waals surface area contributed by atoms with Gasteiger partial charge in [0.1, 0.15) is 11.6 Å². The number of nitrogens with zero attached hydrogens (tertiary/aromatic N) is 1. The van der Waals surface area contributed by atoms with Crippen LogP contribution in [0.15, 0.2) is 41.0 Å². The first-order valence-corrected chi connectivity index (χ1v) is 5.13. The van der Waals surface area contributed by atoms with Gasteiger partial charge in [-0.25, -0.2) is 9.37 Å². The van der Waals surface area contributed by atoms with Gasteiger partial charge in [-0.15, -0.1) is 0 Å². The zero-order valence-electron chi connectivity index (χ0n) is 7.74. The minimum absolute atomic E-state index is 0.288. The van der Waals surface area contributed by atoms with Crippen molar-refractivity contribution in [1.29, 1.82) is 0 Å². The highest BCUT2D eigenvalue weighted by atomic mass is 79.9. The molecular formula is C11H8BrFN2. The van der Waals surface area contributed by atoms with Crippen LogP contribution in [0.4, 0.5) is 10.2 Å². The number of aromatic nitrogens is 1. The second-order valence-corrected chi connectivity index (χ2v) is 3.93. The number of nitrogens with two attached hydrogens (primary N) is 1. The van der Waals surface area contributed by atoms with Crippen LogP contribution in [0.1, 0.15) is 0 Å².